The van der Waals surface area contributed by atoms with Crippen molar-refractivity contribution in [2.24, 2.45) is 0 Å². The van der Waals surface area contributed by atoms with Crippen LogP contribution < -0.4 is 14.8 Å². The number of carbonyl (C=O) groups excluding carboxylic acids is 1. The Morgan fingerprint density at radius 3 is 2.52 bits per heavy atom. The highest BCUT2D eigenvalue weighted by Gasteiger charge is 2.32. The minimum absolute atomic E-state index is 0.00749. The molecule has 2 heterocycles. The van der Waals surface area contributed by atoms with Crippen molar-refractivity contribution >= 4 is 22.5 Å². The second kappa shape index (κ2) is 6.54. The molecule has 0 atom stereocenters. The van der Waals surface area contributed by atoms with Crippen LogP contribution in [0.2, 0.25) is 0 Å². The van der Waals surface area contributed by atoms with E-state index in [9.17, 15) is 9.90 Å². The van der Waals surface area contributed by atoms with Crippen LogP contribution >= 0.6 is 0 Å². The fraction of sp³-hybridized carbons (Fsp3) is 0.286. The molecule has 0 fully saturated rings. The van der Waals surface area contributed by atoms with Gasteiger partial charge in [-0.25, -0.2) is 0 Å². The molecule has 6 heteroatoms. The van der Waals surface area contributed by atoms with E-state index < -0.39 is 0 Å². The van der Waals surface area contributed by atoms with E-state index in [4.69, 9.17) is 9.47 Å². The maximum Gasteiger partial charge on any atom is 0.205 e. The third kappa shape index (κ3) is 2.44. The highest BCUT2D eigenvalue weighted by molar-refractivity contribution is 6.22. The Morgan fingerprint density at radius 2 is 1.85 bits per heavy atom. The van der Waals surface area contributed by atoms with Crippen molar-refractivity contribution in [1.29, 1.82) is 0 Å². The molecule has 0 spiro atoms. The van der Waals surface area contributed by atoms with Gasteiger partial charge in [0.25, 0.3) is 0 Å². The summed E-state index contributed by atoms with van der Waals surface area (Å²) in [4.78, 5) is 13.4. The Kier molecular flexibility index (Phi) is 4.18. The molecule has 1 aromatic heterocycles. The number of nitrogens with one attached hydrogen (secondary N) is 1. The molecule has 0 saturated carbocycles. The number of ketones is 1. The molecule has 3 aromatic rings. The van der Waals surface area contributed by atoms with Crippen LogP contribution in [0.15, 0.2) is 30.3 Å². The first kappa shape index (κ1) is 17.3. The average molecular weight is 366 g/mol. The summed E-state index contributed by atoms with van der Waals surface area (Å²) in [6.45, 7) is 3.34. The number of phenols is 1. The third-order valence-corrected chi connectivity index (χ3v) is 5.15. The molecule has 1 aliphatic rings. The van der Waals surface area contributed by atoms with Crippen molar-refractivity contribution in [3.05, 3.63) is 47.0 Å². The van der Waals surface area contributed by atoms with Crippen LogP contribution in [0.4, 0.5) is 5.82 Å². The van der Waals surface area contributed by atoms with Crippen LogP contribution in [0, 0.1) is 6.92 Å². The first-order valence-electron chi connectivity index (χ1n) is 8.93. The number of ether oxygens (including phenoxy) is 2. The number of fused-ring (bicyclic) bond motifs is 3. The second-order valence-electron chi connectivity index (χ2n) is 6.61. The largest absolute Gasteiger partial charge is 0.504 e. The Balaban J connectivity index is 2.13. The fourth-order valence-corrected chi connectivity index (χ4v) is 3.91. The summed E-state index contributed by atoms with van der Waals surface area (Å²) < 4.78 is 13.1. The number of hydrogen-bond acceptors (Lipinski definition) is 5. The summed E-state index contributed by atoms with van der Waals surface area (Å²) in [5, 5.41) is 14.8. The van der Waals surface area contributed by atoms with Crippen molar-refractivity contribution in [2.45, 2.75) is 19.9 Å². The number of hydrogen-bond donors (Lipinski definition) is 2. The van der Waals surface area contributed by atoms with Crippen molar-refractivity contribution in [1.82, 2.24) is 4.57 Å². The van der Waals surface area contributed by atoms with E-state index in [-0.39, 0.29) is 17.3 Å². The number of methoxy groups -OCH3 is 2. The van der Waals surface area contributed by atoms with E-state index in [1.807, 2.05) is 18.2 Å². The molecule has 140 valence electrons. The molecule has 6 nitrogen and oxygen atoms in total. The van der Waals surface area contributed by atoms with Gasteiger partial charge in [-0.15, -0.1) is 0 Å². The maximum absolute atomic E-state index is 13.4. The number of nitrogens with zero attached hydrogens (tertiary/aromatic N) is 1. The molecule has 2 aromatic carbocycles. The zero-order valence-electron chi connectivity index (χ0n) is 15.6. The van der Waals surface area contributed by atoms with Gasteiger partial charge in [-0.1, -0.05) is 30.3 Å². The van der Waals surface area contributed by atoms with E-state index in [1.165, 1.54) is 7.11 Å². The zero-order valence-corrected chi connectivity index (χ0v) is 15.6. The van der Waals surface area contributed by atoms with Crippen LogP contribution in [0.3, 0.4) is 0 Å². The van der Waals surface area contributed by atoms with Crippen molar-refractivity contribution in [3.8, 4) is 17.2 Å². The Morgan fingerprint density at radius 1 is 1.15 bits per heavy atom. The zero-order chi connectivity index (χ0) is 19.1. The molecule has 0 bridgehead atoms. The van der Waals surface area contributed by atoms with Crippen molar-refractivity contribution < 1.29 is 19.4 Å². The van der Waals surface area contributed by atoms with E-state index >= 15 is 0 Å². The Hall–Kier alpha value is -3.15. The Bertz CT molecular complexity index is 1040. The SMILES string of the molecule is COc1c(O)c(C)c2c(C(=O)c3ccccc3)c3n(c2c1OC)CCCN3. The number of benzene rings is 2. The van der Waals surface area contributed by atoms with Crippen molar-refractivity contribution in [2.75, 3.05) is 26.1 Å². The van der Waals surface area contributed by atoms with E-state index in [0.29, 0.717) is 27.8 Å². The first-order valence-corrected chi connectivity index (χ1v) is 8.93. The van der Waals surface area contributed by atoms with Gasteiger partial charge in [0.1, 0.15) is 5.82 Å². The number of anilines is 1. The molecule has 0 radical (unpaired) electrons. The molecule has 0 unspecified atom stereocenters. The van der Waals surface area contributed by atoms with Gasteiger partial charge in [-0.3, -0.25) is 4.79 Å². The molecule has 0 amide bonds. The number of aryl methyl sites for hydroxylation is 2. The lowest BCUT2D eigenvalue weighted by Gasteiger charge is -2.20. The highest BCUT2D eigenvalue weighted by atomic mass is 16.5. The fourth-order valence-electron chi connectivity index (χ4n) is 3.91. The molecule has 1 aliphatic heterocycles. The van der Waals surface area contributed by atoms with Crippen molar-refractivity contribution in [3.63, 3.8) is 0 Å². The monoisotopic (exact) mass is 366 g/mol. The van der Waals surface area contributed by atoms with E-state index in [1.54, 1.807) is 26.2 Å². The minimum atomic E-state index is -0.0848. The van der Waals surface area contributed by atoms with Gasteiger partial charge in [-0.2, -0.15) is 0 Å². The standard InChI is InChI=1S/C21H22N2O4/c1-12-14-15(18(25)13-8-5-4-6-9-13)21-22-10-7-11-23(21)16(14)19(26-2)20(27-3)17(12)24/h4-6,8-9,22,24H,7,10-11H2,1-3H3. The van der Waals surface area contributed by atoms with Crippen LogP contribution in [0.1, 0.15) is 27.9 Å². The van der Waals surface area contributed by atoms with Gasteiger partial charge < -0.3 is 24.5 Å². The second-order valence-corrected chi connectivity index (χ2v) is 6.61. The third-order valence-electron chi connectivity index (χ3n) is 5.15. The number of aromatic hydroxyl groups is 1. The molecular formula is C21H22N2O4. The molecule has 0 saturated heterocycles. The molecule has 0 aliphatic carbocycles. The predicted octanol–water partition coefficient (Wildman–Crippen LogP) is 3.72. The van der Waals surface area contributed by atoms with Gasteiger partial charge in [0, 0.05) is 29.6 Å². The molecular weight excluding hydrogens is 344 g/mol. The summed E-state index contributed by atoms with van der Waals surface area (Å²) in [6.07, 6.45) is 0.932. The lowest BCUT2D eigenvalue weighted by atomic mass is 9.98. The van der Waals surface area contributed by atoms with Crippen LogP contribution in [0.25, 0.3) is 10.9 Å². The minimum Gasteiger partial charge on any atom is -0.504 e. The summed E-state index contributed by atoms with van der Waals surface area (Å²) in [5.41, 5.74) is 2.54. The summed E-state index contributed by atoms with van der Waals surface area (Å²) in [5.74, 6) is 1.39. The average Bonchev–Trinajstić information content (AvgIpc) is 3.05. The van der Waals surface area contributed by atoms with Gasteiger partial charge in [0.05, 0.1) is 25.3 Å². The molecule has 2 N–H and O–H groups in total. The van der Waals surface area contributed by atoms with Gasteiger partial charge in [0.15, 0.2) is 17.3 Å². The number of carbonyl (C=O) groups is 1. The lowest BCUT2D eigenvalue weighted by Crippen LogP contribution is -2.18. The maximum atomic E-state index is 13.4. The predicted molar refractivity (Wildman–Crippen MR) is 104 cm³/mol. The molecule has 4 rings (SSSR count). The quantitative estimate of drug-likeness (QED) is 0.689. The number of phenolic OH excluding ortho intramolecular Hbond substituents is 1. The van der Waals surface area contributed by atoms with Crippen LogP contribution in [-0.4, -0.2) is 36.2 Å². The number of aromatic nitrogens is 1. The topological polar surface area (TPSA) is 72.7 Å². The molecule has 27 heavy (non-hydrogen) atoms. The summed E-state index contributed by atoms with van der Waals surface area (Å²) in [7, 11) is 3.04. The first-order chi connectivity index (χ1) is 13.1. The van der Waals surface area contributed by atoms with Gasteiger partial charge >= 0.3 is 0 Å². The highest BCUT2D eigenvalue weighted by Crippen LogP contribution is 2.50. The Labute approximate surface area is 157 Å². The van der Waals surface area contributed by atoms with Gasteiger partial charge in [0.2, 0.25) is 5.75 Å². The lowest BCUT2D eigenvalue weighted by molar-refractivity contribution is 0.104. The van der Waals surface area contributed by atoms with Gasteiger partial charge in [-0.05, 0) is 13.3 Å². The summed E-state index contributed by atoms with van der Waals surface area (Å²) >= 11 is 0. The van der Waals surface area contributed by atoms with Crippen LogP contribution in [-0.2, 0) is 6.54 Å². The van der Waals surface area contributed by atoms with E-state index in [2.05, 4.69) is 9.88 Å². The summed E-state index contributed by atoms with van der Waals surface area (Å²) in [6, 6.07) is 9.18. The van der Waals surface area contributed by atoms with E-state index in [0.717, 1.165) is 30.8 Å². The van der Waals surface area contributed by atoms with Crippen LogP contribution in [0.5, 0.6) is 17.2 Å². The smallest absolute Gasteiger partial charge is 0.205 e. The normalized spacial score (nSPS) is 13.1. The number of rotatable bonds is 4.